The van der Waals surface area contributed by atoms with Gasteiger partial charge in [0.15, 0.2) is 5.69 Å². The molecular weight excluding hydrogens is 328 g/mol. The van der Waals surface area contributed by atoms with Crippen molar-refractivity contribution in [3.05, 3.63) is 65.7 Å². The quantitative estimate of drug-likeness (QED) is 0.792. The Hall–Kier alpha value is -3.15. The van der Waals surface area contributed by atoms with Crippen molar-refractivity contribution < 1.29 is 9.59 Å². The van der Waals surface area contributed by atoms with E-state index in [-0.39, 0.29) is 23.7 Å². The highest BCUT2D eigenvalue weighted by Gasteiger charge is 2.31. The van der Waals surface area contributed by atoms with Crippen molar-refractivity contribution in [2.45, 2.75) is 25.3 Å². The SMILES string of the molecule is O=C(NC1CC1)c1nc(C(=O)N2CCc3ccccc32)c2ccccn12. The first-order chi connectivity index (χ1) is 12.7. The number of nitrogens with zero attached hydrogens (tertiary/aromatic N) is 3. The number of carbonyl (C=O) groups excluding carboxylic acids is 2. The normalized spacial score (nSPS) is 15.9. The van der Waals surface area contributed by atoms with E-state index in [4.69, 9.17) is 0 Å². The number of pyridine rings is 1. The summed E-state index contributed by atoms with van der Waals surface area (Å²) in [4.78, 5) is 32.0. The molecule has 1 aliphatic heterocycles. The van der Waals surface area contributed by atoms with Gasteiger partial charge in [-0.15, -0.1) is 0 Å². The number of carbonyl (C=O) groups is 2. The van der Waals surface area contributed by atoms with Crippen LogP contribution >= 0.6 is 0 Å². The first-order valence-electron chi connectivity index (χ1n) is 8.90. The molecule has 130 valence electrons. The summed E-state index contributed by atoms with van der Waals surface area (Å²) in [5, 5.41) is 2.95. The standard InChI is InChI=1S/C20H18N4O2/c25-19(21-14-8-9-14)18-22-17(16-7-3-4-11-23(16)18)20(26)24-12-10-13-5-1-2-6-15(13)24/h1-7,11,14H,8-10,12H2,(H,21,25). The van der Waals surface area contributed by atoms with Crippen LogP contribution in [-0.4, -0.2) is 33.8 Å². The molecule has 6 nitrogen and oxygen atoms in total. The molecule has 3 aromatic rings. The van der Waals surface area contributed by atoms with Crippen LogP contribution < -0.4 is 10.2 Å². The molecule has 1 fully saturated rings. The third-order valence-electron chi connectivity index (χ3n) is 5.00. The van der Waals surface area contributed by atoms with E-state index in [2.05, 4.69) is 10.3 Å². The highest BCUT2D eigenvalue weighted by Crippen LogP contribution is 2.29. The molecule has 0 radical (unpaired) electrons. The Balaban J connectivity index is 1.57. The van der Waals surface area contributed by atoms with Crippen molar-refractivity contribution in [2.75, 3.05) is 11.4 Å². The number of amides is 2. The van der Waals surface area contributed by atoms with Gasteiger partial charge in [0.2, 0.25) is 5.82 Å². The summed E-state index contributed by atoms with van der Waals surface area (Å²) < 4.78 is 1.70. The van der Waals surface area contributed by atoms with Crippen molar-refractivity contribution in [2.24, 2.45) is 0 Å². The first kappa shape index (κ1) is 15.1. The number of fused-ring (bicyclic) bond motifs is 2. The fourth-order valence-corrected chi connectivity index (χ4v) is 3.51. The molecule has 3 heterocycles. The highest BCUT2D eigenvalue weighted by molar-refractivity contribution is 6.11. The second-order valence-electron chi connectivity index (χ2n) is 6.82. The van der Waals surface area contributed by atoms with E-state index in [0.717, 1.165) is 30.5 Å². The predicted molar refractivity (Wildman–Crippen MR) is 97.5 cm³/mol. The molecule has 2 aromatic heterocycles. The summed E-state index contributed by atoms with van der Waals surface area (Å²) in [6.45, 7) is 0.633. The van der Waals surface area contributed by atoms with Crippen LogP contribution in [0.1, 0.15) is 39.5 Å². The molecule has 0 saturated heterocycles. The van der Waals surface area contributed by atoms with Crippen LogP contribution in [0.2, 0.25) is 0 Å². The Kier molecular flexibility index (Phi) is 3.31. The van der Waals surface area contributed by atoms with E-state index in [9.17, 15) is 9.59 Å². The molecule has 0 bridgehead atoms. The van der Waals surface area contributed by atoms with Gasteiger partial charge in [-0.25, -0.2) is 4.98 Å². The lowest BCUT2D eigenvalue weighted by Crippen LogP contribution is -2.30. The van der Waals surface area contributed by atoms with Gasteiger partial charge in [0.05, 0.1) is 5.52 Å². The molecule has 0 unspecified atom stereocenters. The van der Waals surface area contributed by atoms with E-state index < -0.39 is 0 Å². The maximum atomic E-state index is 13.2. The molecule has 1 aliphatic carbocycles. The lowest BCUT2D eigenvalue weighted by molar-refractivity contribution is 0.0940. The largest absolute Gasteiger partial charge is 0.347 e. The number of hydrogen-bond donors (Lipinski definition) is 1. The van der Waals surface area contributed by atoms with E-state index in [1.54, 1.807) is 15.5 Å². The van der Waals surface area contributed by atoms with E-state index in [1.807, 2.05) is 42.5 Å². The summed E-state index contributed by atoms with van der Waals surface area (Å²) in [5.74, 6) is -0.123. The Morgan fingerprint density at radius 2 is 1.88 bits per heavy atom. The number of hydrogen-bond acceptors (Lipinski definition) is 3. The van der Waals surface area contributed by atoms with Gasteiger partial charge in [-0.1, -0.05) is 24.3 Å². The van der Waals surface area contributed by atoms with Gasteiger partial charge in [-0.3, -0.25) is 14.0 Å². The average Bonchev–Trinajstić information content (AvgIpc) is 3.24. The maximum absolute atomic E-state index is 13.2. The summed E-state index contributed by atoms with van der Waals surface area (Å²) in [6.07, 6.45) is 4.62. The zero-order valence-corrected chi connectivity index (χ0v) is 14.2. The molecule has 1 saturated carbocycles. The van der Waals surface area contributed by atoms with E-state index in [0.29, 0.717) is 17.8 Å². The molecule has 5 rings (SSSR count). The lowest BCUT2D eigenvalue weighted by atomic mass is 10.2. The Labute approximate surface area is 150 Å². The number of anilines is 1. The fourth-order valence-electron chi connectivity index (χ4n) is 3.51. The van der Waals surface area contributed by atoms with Crippen LogP contribution in [-0.2, 0) is 6.42 Å². The van der Waals surface area contributed by atoms with Crippen LogP contribution in [0.5, 0.6) is 0 Å². The monoisotopic (exact) mass is 346 g/mol. The summed E-state index contributed by atoms with van der Waals surface area (Å²) >= 11 is 0. The van der Waals surface area contributed by atoms with Gasteiger partial charge in [0.1, 0.15) is 0 Å². The number of imidazole rings is 1. The molecular formula is C20H18N4O2. The van der Waals surface area contributed by atoms with Crippen molar-refractivity contribution in [3.8, 4) is 0 Å². The smallest absolute Gasteiger partial charge is 0.287 e. The lowest BCUT2D eigenvalue weighted by Gasteiger charge is -2.16. The third kappa shape index (κ3) is 2.37. The Bertz CT molecular complexity index is 1040. The zero-order valence-electron chi connectivity index (χ0n) is 14.2. The molecule has 2 amide bonds. The molecule has 1 N–H and O–H groups in total. The molecule has 6 heteroatoms. The minimum absolute atomic E-state index is 0.163. The van der Waals surface area contributed by atoms with Crippen LogP contribution in [0.4, 0.5) is 5.69 Å². The number of rotatable bonds is 3. The maximum Gasteiger partial charge on any atom is 0.287 e. The van der Waals surface area contributed by atoms with Gasteiger partial charge < -0.3 is 10.2 Å². The second-order valence-corrected chi connectivity index (χ2v) is 6.82. The second kappa shape index (κ2) is 5.69. The van der Waals surface area contributed by atoms with Gasteiger partial charge in [0.25, 0.3) is 11.8 Å². The van der Waals surface area contributed by atoms with Gasteiger partial charge >= 0.3 is 0 Å². The van der Waals surface area contributed by atoms with Crippen LogP contribution in [0.25, 0.3) is 5.52 Å². The van der Waals surface area contributed by atoms with E-state index in [1.165, 1.54) is 0 Å². The summed E-state index contributed by atoms with van der Waals surface area (Å²) in [5.41, 5.74) is 3.07. The molecule has 2 aliphatic rings. The molecule has 0 spiro atoms. The van der Waals surface area contributed by atoms with Gasteiger partial charge in [-0.2, -0.15) is 0 Å². The van der Waals surface area contributed by atoms with Crippen molar-refractivity contribution in [1.82, 2.24) is 14.7 Å². The summed E-state index contributed by atoms with van der Waals surface area (Å²) in [7, 11) is 0. The summed E-state index contributed by atoms with van der Waals surface area (Å²) in [6, 6.07) is 13.7. The fraction of sp³-hybridized carbons (Fsp3) is 0.250. The van der Waals surface area contributed by atoms with Crippen molar-refractivity contribution in [3.63, 3.8) is 0 Å². The zero-order chi connectivity index (χ0) is 17.7. The van der Waals surface area contributed by atoms with Gasteiger partial charge in [-0.05, 0) is 43.0 Å². The minimum Gasteiger partial charge on any atom is -0.347 e. The third-order valence-corrected chi connectivity index (χ3v) is 5.00. The molecule has 26 heavy (non-hydrogen) atoms. The van der Waals surface area contributed by atoms with E-state index >= 15 is 0 Å². The predicted octanol–water partition coefficient (Wildman–Crippen LogP) is 2.43. The molecule has 0 atom stereocenters. The van der Waals surface area contributed by atoms with Crippen molar-refractivity contribution in [1.29, 1.82) is 0 Å². The number of para-hydroxylation sites is 1. The van der Waals surface area contributed by atoms with Crippen LogP contribution in [0, 0.1) is 0 Å². The number of nitrogens with one attached hydrogen (secondary N) is 1. The van der Waals surface area contributed by atoms with Crippen LogP contribution in [0.15, 0.2) is 48.7 Å². The highest BCUT2D eigenvalue weighted by atomic mass is 16.2. The number of aromatic nitrogens is 2. The minimum atomic E-state index is -0.227. The average molecular weight is 346 g/mol. The van der Waals surface area contributed by atoms with Crippen LogP contribution in [0.3, 0.4) is 0 Å². The molecule has 1 aromatic carbocycles. The topological polar surface area (TPSA) is 66.7 Å². The Morgan fingerprint density at radius 1 is 1.08 bits per heavy atom. The van der Waals surface area contributed by atoms with Crippen molar-refractivity contribution >= 4 is 23.0 Å². The Morgan fingerprint density at radius 3 is 2.73 bits per heavy atom. The first-order valence-corrected chi connectivity index (χ1v) is 8.90. The van der Waals surface area contributed by atoms with Gasteiger partial charge in [0, 0.05) is 24.5 Å². The number of benzene rings is 1.